The zero-order valence-corrected chi connectivity index (χ0v) is 8.06. The van der Waals surface area contributed by atoms with Crippen molar-refractivity contribution in [3.05, 3.63) is 59.8 Å². The highest BCUT2D eigenvalue weighted by atomic mass is 19.1. The molecule has 1 aromatic heterocycles. The van der Waals surface area contributed by atoms with Crippen molar-refractivity contribution < 1.29 is 13.9 Å². The molecule has 0 saturated carbocycles. The van der Waals surface area contributed by atoms with Crippen LogP contribution < -0.4 is 0 Å². The molecule has 1 N–H and O–H groups in total. The van der Waals surface area contributed by atoms with Gasteiger partial charge in [-0.3, -0.25) is 0 Å². The second kappa shape index (κ2) is 4.28. The van der Waals surface area contributed by atoms with Crippen LogP contribution >= 0.6 is 0 Å². The molecule has 1 aromatic carbocycles. The zero-order valence-electron chi connectivity index (χ0n) is 8.06. The molecule has 1 unspecified atom stereocenters. The lowest BCUT2D eigenvalue weighted by atomic mass is 10.0. The van der Waals surface area contributed by atoms with E-state index >= 15 is 0 Å². The van der Waals surface area contributed by atoms with Crippen LogP contribution in [0.5, 0.6) is 0 Å². The third-order valence-corrected chi connectivity index (χ3v) is 2.27. The summed E-state index contributed by atoms with van der Waals surface area (Å²) in [6.45, 7) is 0. The summed E-state index contributed by atoms with van der Waals surface area (Å²) in [6.07, 6.45) is 2.88. The quantitative estimate of drug-likeness (QED) is 0.837. The van der Waals surface area contributed by atoms with Crippen LogP contribution in [-0.2, 0) is 6.42 Å². The standard InChI is InChI=1S/C12H11FO2/c13-11-3-1-9(2-4-11)7-12(14)10-5-6-15-8-10/h1-6,8,12,14H,7H2. The molecule has 0 fully saturated rings. The van der Waals surface area contributed by atoms with Gasteiger partial charge in [-0.2, -0.15) is 0 Å². The zero-order chi connectivity index (χ0) is 10.7. The number of benzene rings is 1. The Kier molecular flexibility index (Phi) is 2.83. The minimum atomic E-state index is -0.603. The van der Waals surface area contributed by atoms with Gasteiger partial charge in [-0.05, 0) is 23.8 Å². The SMILES string of the molecule is OC(Cc1ccc(F)cc1)c1ccoc1. The first-order valence-electron chi connectivity index (χ1n) is 4.70. The van der Waals surface area contributed by atoms with Crippen LogP contribution in [0.3, 0.4) is 0 Å². The molecule has 2 aromatic rings. The van der Waals surface area contributed by atoms with E-state index in [4.69, 9.17) is 4.42 Å². The van der Waals surface area contributed by atoms with Gasteiger partial charge in [0.2, 0.25) is 0 Å². The molecular formula is C12H11FO2. The van der Waals surface area contributed by atoms with Crippen molar-refractivity contribution in [2.75, 3.05) is 0 Å². The number of hydrogen-bond acceptors (Lipinski definition) is 2. The molecule has 15 heavy (non-hydrogen) atoms. The summed E-state index contributed by atoms with van der Waals surface area (Å²) >= 11 is 0. The molecule has 0 aliphatic carbocycles. The monoisotopic (exact) mass is 206 g/mol. The molecule has 2 nitrogen and oxygen atoms in total. The predicted molar refractivity (Wildman–Crippen MR) is 53.8 cm³/mol. The van der Waals surface area contributed by atoms with Gasteiger partial charge in [0.15, 0.2) is 0 Å². The topological polar surface area (TPSA) is 33.4 Å². The molecule has 78 valence electrons. The Balaban J connectivity index is 2.06. The van der Waals surface area contributed by atoms with Gasteiger partial charge >= 0.3 is 0 Å². The fraction of sp³-hybridized carbons (Fsp3) is 0.167. The third kappa shape index (κ3) is 2.44. The molecule has 0 bridgehead atoms. The highest BCUT2D eigenvalue weighted by Gasteiger charge is 2.09. The molecule has 0 spiro atoms. The maximum Gasteiger partial charge on any atom is 0.123 e. The van der Waals surface area contributed by atoms with E-state index in [9.17, 15) is 9.50 Å². The molecule has 1 heterocycles. The number of hydrogen-bond donors (Lipinski definition) is 1. The first-order valence-corrected chi connectivity index (χ1v) is 4.70. The van der Waals surface area contributed by atoms with Gasteiger partial charge in [0.1, 0.15) is 5.82 Å². The average Bonchev–Trinajstić information content (AvgIpc) is 2.74. The lowest BCUT2D eigenvalue weighted by Crippen LogP contribution is -2.00. The summed E-state index contributed by atoms with van der Waals surface area (Å²) in [7, 11) is 0. The van der Waals surface area contributed by atoms with Gasteiger partial charge in [0.05, 0.1) is 18.6 Å². The Labute approximate surface area is 87.0 Å². The van der Waals surface area contributed by atoms with E-state index in [2.05, 4.69) is 0 Å². The van der Waals surface area contributed by atoms with E-state index in [0.29, 0.717) is 6.42 Å². The summed E-state index contributed by atoms with van der Waals surface area (Å²) in [5, 5.41) is 9.78. The van der Waals surface area contributed by atoms with Gasteiger partial charge in [-0.25, -0.2) is 4.39 Å². The molecule has 2 rings (SSSR count). The Morgan fingerprint density at radius 1 is 1.20 bits per heavy atom. The third-order valence-electron chi connectivity index (χ3n) is 2.27. The highest BCUT2D eigenvalue weighted by Crippen LogP contribution is 2.18. The summed E-state index contributed by atoms with van der Waals surface area (Å²) < 4.78 is 17.5. The lowest BCUT2D eigenvalue weighted by Gasteiger charge is -2.07. The van der Waals surface area contributed by atoms with E-state index in [1.165, 1.54) is 24.7 Å². The number of aliphatic hydroxyl groups is 1. The fourth-order valence-electron chi connectivity index (χ4n) is 1.43. The second-order valence-corrected chi connectivity index (χ2v) is 3.40. The average molecular weight is 206 g/mol. The Bertz CT molecular complexity index is 406. The molecule has 0 aliphatic heterocycles. The minimum Gasteiger partial charge on any atom is -0.472 e. The smallest absolute Gasteiger partial charge is 0.123 e. The van der Waals surface area contributed by atoms with E-state index in [1.54, 1.807) is 18.2 Å². The first-order chi connectivity index (χ1) is 7.25. The Hall–Kier alpha value is -1.61. The van der Waals surface area contributed by atoms with Crippen LogP contribution in [0.15, 0.2) is 47.3 Å². The molecule has 0 amide bonds. The van der Waals surface area contributed by atoms with Crippen molar-refractivity contribution >= 4 is 0 Å². The molecule has 0 radical (unpaired) electrons. The summed E-state index contributed by atoms with van der Waals surface area (Å²) in [4.78, 5) is 0. The van der Waals surface area contributed by atoms with Gasteiger partial charge < -0.3 is 9.52 Å². The summed E-state index contributed by atoms with van der Waals surface area (Å²) in [6, 6.07) is 7.82. The second-order valence-electron chi connectivity index (χ2n) is 3.40. The molecular weight excluding hydrogens is 195 g/mol. The highest BCUT2D eigenvalue weighted by molar-refractivity contribution is 5.20. The van der Waals surface area contributed by atoms with Crippen LogP contribution in [0.1, 0.15) is 17.2 Å². The van der Waals surface area contributed by atoms with E-state index < -0.39 is 6.10 Å². The number of halogens is 1. The van der Waals surface area contributed by atoms with Crippen LogP contribution in [0.2, 0.25) is 0 Å². The van der Waals surface area contributed by atoms with E-state index in [0.717, 1.165) is 11.1 Å². The van der Waals surface area contributed by atoms with E-state index in [1.807, 2.05) is 0 Å². The normalized spacial score (nSPS) is 12.7. The van der Waals surface area contributed by atoms with Crippen molar-refractivity contribution in [1.82, 2.24) is 0 Å². The van der Waals surface area contributed by atoms with Gasteiger partial charge in [0.25, 0.3) is 0 Å². The van der Waals surface area contributed by atoms with Crippen LogP contribution in [0.4, 0.5) is 4.39 Å². The lowest BCUT2D eigenvalue weighted by molar-refractivity contribution is 0.177. The van der Waals surface area contributed by atoms with Crippen molar-refractivity contribution in [1.29, 1.82) is 0 Å². The van der Waals surface area contributed by atoms with Crippen LogP contribution in [0, 0.1) is 5.82 Å². The molecule has 1 atom stereocenters. The predicted octanol–water partition coefficient (Wildman–Crippen LogP) is 2.69. The Morgan fingerprint density at radius 3 is 2.53 bits per heavy atom. The fourth-order valence-corrected chi connectivity index (χ4v) is 1.43. The van der Waals surface area contributed by atoms with Crippen molar-refractivity contribution in [3.8, 4) is 0 Å². The van der Waals surface area contributed by atoms with Crippen molar-refractivity contribution in [2.24, 2.45) is 0 Å². The van der Waals surface area contributed by atoms with Crippen molar-refractivity contribution in [2.45, 2.75) is 12.5 Å². The van der Waals surface area contributed by atoms with E-state index in [-0.39, 0.29) is 5.82 Å². The summed E-state index contributed by atoms with van der Waals surface area (Å²) in [5.74, 6) is -0.267. The number of furan rings is 1. The van der Waals surface area contributed by atoms with Crippen LogP contribution in [-0.4, -0.2) is 5.11 Å². The molecule has 0 aliphatic rings. The Morgan fingerprint density at radius 2 is 1.93 bits per heavy atom. The number of rotatable bonds is 3. The maximum atomic E-state index is 12.6. The molecule has 3 heteroatoms. The maximum absolute atomic E-state index is 12.6. The van der Waals surface area contributed by atoms with Crippen LogP contribution in [0.25, 0.3) is 0 Å². The van der Waals surface area contributed by atoms with Gasteiger partial charge in [-0.1, -0.05) is 12.1 Å². The van der Waals surface area contributed by atoms with Gasteiger partial charge in [-0.15, -0.1) is 0 Å². The largest absolute Gasteiger partial charge is 0.472 e. The van der Waals surface area contributed by atoms with Gasteiger partial charge in [0, 0.05) is 12.0 Å². The first kappa shape index (κ1) is 9.93. The minimum absolute atomic E-state index is 0.267. The number of aliphatic hydroxyl groups excluding tert-OH is 1. The van der Waals surface area contributed by atoms with Crippen molar-refractivity contribution in [3.63, 3.8) is 0 Å². The summed E-state index contributed by atoms with van der Waals surface area (Å²) in [5.41, 5.74) is 1.63. The molecule has 0 saturated heterocycles.